The summed E-state index contributed by atoms with van der Waals surface area (Å²) in [5.41, 5.74) is 2.94. The highest BCUT2D eigenvalue weighted by Gasteiger charge is 2.26. The third-order valence-corrected chi connectivity index (χ3v) is 3.55. The van der Waals surface area contributed by atoms with Gasteiger partial charge in [0.05, 0.1) is 12.2 Å². The summed E-state index contributed by atoms with van der Waals surface area (Å²) in [6.07, 6.45) is 3.48. The molecule has 1 atom stereocenters. The van der Waals surface area contributed by atoms with Gasteiger partial charge in [-0.1, -0.05) is 5.16 Å². The van der Waals surface area contributed by atoms with Gasteiger partial charge in [0.25, 0.3) is 0 Å². The number of hydrogen-bond acceptors (Lipinski definition) is 5. The van der Waals surface area contributed by atoms with Gasteiger partial charge in [-0.15, -0.1) is 0 Å². The minimum absolute atomic E-state index is 0.111. The van der Waals surface area contributed by atoms with Crippen LogP contribution in [0.4, 0.5) is 4.39 Å². The summed E-state index contributed by atoms with van der Waals surface area (Å²) >= 11 is 0. The lowest BCUT2D eigenvalue weighted by Crippen LogP contribution is -2.04. The van der Waals surface area contributed by atoms with Gasteiger partial charge in [-0.05, 0) is 42.0 Å². The number of epoxide rings is 1. The fourth-order valence-corrected chi connectivity index (χ4v) is 2.28. The molecular weight excluding hydrogens is 299 g/mol. The van der Waals surface area contributed by atoms with Crippen LogP contribution >= 0.6 is 0 Å². The maximum Gasteiger partial charge on any atom is 0.319 e. The molecule has 5 nitrogen and oxygen atoms in total. The summed E-state index contributed by atoms with van der Waals surface area (Å²) in [5.74, 6) is 0.0242. The number of ether oxygens (including phenoxy) is 2. The summed E-state index contributed by atoms with van der Waals surface area (Å²) in [7, 11) is 0. The fraction of sp³-hybridized carbons (Fsp3) is 0.176. The highest BCUT2D eigenvalue weighted by Crippen LogP contribution is 2.39. The molecule has 1 saturated heterocycles. The van der Waals surface area contributed by atoms with E-state index in [4.69, 9.17) is 14.0 Å². The van der Waals surface area contributed by atoms with Gasteiger partial charge in [-0.3, -0.25) is 4.98 Å². The molecule has 0 spiro atoms. The second-order valence-electron chi connectivity index (χ2n) is 5.20. The third kappa shape index (κ3) is 2.93. The first-order chi connectivity index (χ1) is 11.3. The van der Waals surface area contributed by atoms with E-state index in [-0.39, 0.29) is 11.9 Å². The lowest BCUT2D eigenvalue weighted by molar-refractivity contribution is 0.194. The number of aromatic nitrogens is 2. The van der Waals surface area contributed by atoms with E-state index in [0.717, 1.165) is 16.7 Å². The normalized spacial score (nSPS) is 16.3. The van der Waals surface area contributed by atoms with Crippen LogP contribution in [0.5, 0.6) is 5.95 Å². The molecule has 1 aromatic carbocycles. The van der Waals surface area contributed by atoms with E-state index in [2.05, 4.69) is 10.1 Å². The second-order valence-corrected chi connectivity index (χ2v) is 5.20. The number of rotatable bonds is 5. The van der Waals surface area contributed by atoms with Crippen molar-refractivity contribution in [3.63, 3.8) is 0 Å². The highest BCUT2D eigenvalue weighted by atomic mass is 19.1. The van der Waals surface area contributed by atoms with Crippen LogP contribution in [0.15, 0.2) is 53.3 Å². The number of pyridine rings is 1. The molecule has 1 aliphatic heterocycles. The Bertz CT molecular complexity index is 798. The quantitative estimate of drug-likeness (QED) is 0.676. The second kappa shape index (κ2) is 5.81. The van der Waals surface area contributed by atoms with Gasteiger partial charge in [-0.25, -0.2) is 4.39 Å². The van der Waals surface area contributed by atoms with Crippen molar-refractivity contribution in [1.29, 1.82) is 0 Å². The van der Waals surface area contributed by atoms with Crippen molar-refractivity contribution < 1.29 is 18.4 Å². The maximum atomic E-state index is 13.2. The Morgan fingerprint density at radius 2 is 1.83 bits per heavy atom. The molecule has 2 aromatic heterocycles. The largest absolute Gasteiger partial charge is 0.460 e. The Balaban J connectivity index is 1.77. The van der Waals surface area contributed by atoms with Crippen LogP contribution in [0.1, 0.15) is 0 Å². The molecule has 116 valence electrons. The van der Waals surface area contributed by atoms with Gasteiger partial charge in [0, 0.05) is 18.0 Å². The van der Waals surface area contributed by atoms with Gasteiger partial charge in [0.2, 0.25) is 0 Å². The van der Waals surface area contributed by atoms with Gasteiger partial charge in [0.15, 0.2) is 0 Å². The van der Waals surface area contributed by atoms with Crippen molar-refractivity contribution in [2.75, 3.05) is 13.2 Å². The SMILES string of the molecule is Fc1ccc(-c2noc(OCC3CO3)c2-c2ccncc2)cc1. The van der Waals surface area contributed by atoms with Gasteiger partial charge in [-0.2, -0.15) is 0 Å². The zero-order chi connectivity index (χ0) is 15.6. The Kier molecular flexibility index (Phi) is 3.51. The van der Waals surface area contributed by atoms with Crippen molar-refractivity contribution in [2.45, 2.75) is 6.10 Å². The Morgan fingerprint density at radius 3 is 2.52 bits per heavy atom. The molecule has 23 heavy (non-hydrogen) atoms. The summed E-state index contributed by atoms with van der Waals surface area (Å²) < 4.78 is 29.4. The number of halogens is 1. The standard InChI is InChI=1S/C17H13FN2O3/c18-13-3-1-12(2-4-13)16-15(11-5-7-19-8-6-11)17(23-20-16)22-10-14-9-21-14/h1-8,14H,9-10H2. The van der Waals surface area contributed by atoms with Crippen LogP contribution in [0.2, 0.25) is 0 Å². The molecule has 6 heteroatoms. The predicted molar refractivity (Wildman–Crippen MR) is 80.4 cm³/mol. The smallest absolute Gasteiger partial charge is 0.319 e. The lowest BCUT2D eigenvalue weighted by Gasteiger charge is -2.05. The molecule has 0 amide bonds. The first-order valence-corrected chi connectivity index (χ1v) is 7.21. The predicted octanol–water partition coefficient (Wildman–Crippen LogP) is 3.32. The minimum atomic E-state index is -0.301. The van der Waals surface area contributed by atoms with E-state index in [0.29, 0.717) is 24.9 Å². The van der Waals surface area contributed by atoms with E-state index in [1.165, 1.54) is 12.1 Å². The number of nitrogens with zero attached hydrogens (tertiary/aromatic N) is 2. The molecule has 1 aliphatic rings. The van der Waals surface area contributed by atoms with E-state index < -0.39 is 0 Å². The summed E-state index contributed by atoms with van der Waals surface area (Å²) in [4.78, 5) is 4.02. The van der Waals surface area contributed by atoms with E-state index in [9.17, 15) is 4.39 Å². The third-order valence-electron chi connectivity index (χ3n) is 3.55. The van der Waals surface area contributed by atoms with Crippen LogP contribution in [0, 0.1) is 5.82 Å². The van der Waals surface area contributed by atoms with Crippen LogP contribution in [-0.2, 0) is 4.74 Å². The highest BCUT2D eigenvalue weighted by molar-refractivity contribution is 5.83. The van der Waals surface area contributed by atoms with Crippen molar-refractivity contribution in [3.05, 3.63) is 54.6 Å². The van der Waals surface area contributed by atoms with Gasteiger partial charge in [0.1, 0.15) is 24.2 Å². The molecule has 4 rings (SSSR count). The lowest BCUT2D eigenvalue weighted by atomic mass is 10.0. The maximum absolute atomic E-state index is 13.2. The van der Waals surface area contributed by atoms with Gasteiger partial charge >= 0.3 is 5.95 Å². The van der Waals surface area contributed by atoms with Crippen molar-refractivity contribution in [2.24, 2.45) is 0 Å². The molecule has 0 saturated carbocycles. The topological polar surface area (TPSA) is 60.7 Å². The molecule has 0 radical (unpaired) electrons. The molecule has 1 unspecified atom stereocenters. The first kappa shape index (κ1) is 13.9. The molecule has 3 aromatic rings. The molecule has 1 fully saturated rings. The monoisotopic (exact) mass is 312 g/mol. The molecule has 3 heterocycles. The zero-order valence-electron chi connectivity index (χ0n) is 12.1. The Morgan fingerprint density at radius 1 is 1.09 bits per heavy atom. The van der Waals surface area contributed by atoms with Crippen LogP contribution in [-0.4, -0.2) is 29.5 Å². The van der Waals surface area contributed by atoms with Gasteiger partial charge < -0.3 is 14.0 Å². The molecule has 0 bridgehead atoms. The number of hydrogen-bond donors (Lipinski definition) is 0. The van der Waals surface area contributed by atoms with E-state index >= 15 is 0 Å². The van der Waals surface area contributed by atoms with Crippen LogP contribution in [0.3, 0.4) is 0 Å². The van der Waals surface area contributed by atoms with Crippen molar-refractivity contribution in [1.82, 2.24) is 10.1 Å². The Hall–Kier alpha value is -2.73. The summed E-state index contributed by atoms with van der Waals surface area (Å²) in [5, 5.41) is 4.11. The molecule has 0 N–H and O–H groups in total. The number of benzene rings is 1. The van der Waals surface area contributed by atoms with Crippen molar-refractivity contribution >= 4 is 0 Å². The Labute approximate surface area is 131 Å². The average molecular weight is 312 g/mol. The molecule has 0 aliphatic carbocycles. The van der Waals surface area contributed by atoms with Crippen LogP contribution < -0.4 is 4.74 Å². The minimum Gasteiger partial charge on any atom is -0.460 e. The summed E-state index contributed by atoms with van der Waals surface area (Å²) in [6.45, 7) is 1.11. The van der Waals surface area contributed by atoms with Crippen LogP contribution in [0.25, 0.3) is 22.4 Å². The summed E-state index contributed by atoms with van der Waals surface area (Å²) in [6, 6.07) is 9.79. The fourth-order valence-electron chi connectivity index (χ4n) is 2.28. The van der Waals surface area contributed by atoms with E-state index in [1.807, 2.05) is 12.1 Å². The van der Waals surface area contributed by atoms with E-state index in [1.54, 1.807) is 24.5 Å². The zero-order valence-corrected chi connectivity index (χ0v) is 12.1. The van der Waals surface area contributed by atoms with Crippen molar-refractivity contribution in [3.8, 4) is 28.3 Å². The average Bonchev–Trinajstić information content (AvgIpc) is 3.33. The first-order valence-electron chi connectivity index (χ1n) is 7.21. The molecular formula is C17H13FN2O3.